The van der Waals surface area contributed by atoms with Crippen molar-refractivity contribution in [2.45, 2.75) is 30.7 Å². The Morgan fingerprint density at radius 1 is 1.15 bits per heavy atom. The zero-order valence-corrected chi connectivity index (χ0v) is 19.8. The van der Waals surface area contributed by atoms with Gasteiger partial charge in [-0.05, 0) is 31.0 Å². The molecule has 4 rings (SSSR count). The molecule has 34 heavy (non-hydrogen) atoms. The van der Waals surface area contributed by atoms with E-state index in [1.165, 1.54) is 16.4 Å². The third kappa shape index (κ3) is 5.02. The van der Waals surface area contributed by atoms with E-state index >= 15 is 0 Å². The Balaban J connectivity index is 1.55. The summed E-state index contributed by atoms with van der Waals surface area (Å²) in [5, 5.41) is 18.1. The standard InChI is InChI=1S/C22H26N6O5S/c1-26(2)20-10-9-18(34(31,32)27-11-4-3-5-12-27)14-19(20)23-15-21-24-22(25-33-21)16-7-6-8-17(13-16)28(29)30/h6-10,13-14,23H,3-5,11-12,15H2,1-2H3. The van der Waals surface area contributed by atoms with E-state index in [1.54, 1.807) is 30.3 Å². The molecular weight excluding hydrogens is 460 g/mol. The number of sulfonamides is 1. The second-order valence-electron chi connectivity index (χ2n) is 8.21. The number of piperidine rings is 1. The second-order valence-corrected chi connectivity index (χ2v) is 10.1. The van der Waals surface area contributed by atoms with Crippen LogP contribution in [0.3, 0.4) is 0 Å². The molecule has 1 saturated heterocycles. The average Bonchev–Trinajstić information content (AvgIpc) is 3.32. The number of rotatable bonds is 8. The van der Waals surface area contributed by atoms with Crippen LogP contribution < -0.4 is 10.2 Å². The van der Waals surface area contributed by atoms with Crippen molar-refractivity contribution in [1.82, 2.24) is 14.4 Å². The fourth-order valence-electron chi connectivity index (χ4n) is 3.83. The summed E-state index contributed by atoms with van der Waals surface area (Å²) in [4.78, 5) is 16.9. The lowest BCUT2D eigenvalue weighted by Gasteiger charge is -2.26. The summed E-state index contributed by atoms with van der Waals surface area (Å²) >= 11 is 0. The molecule has 0 aliphatic carbocycles. The maximum atomic E-state index is 13.1. The number of nitrogens with one attached hydrogen (secondary N) is 1. The van der Waals surface area contributed by atoms with Crippen LogP contribution in [-0.4, -0.2) is 55.0 Å². The predicted octanol–water partition coefficient (Wildman–Crippen LogP) is 3.50. The minimum absolute atomic E-state index is 0.0654. The van der Waals surface area contributed by atoms with Gasteiger partial charge in [-0.15, -0.1) is 0 Å². The molecule has 1 aliphatic rings. The van der Waals surface area contributed by atoms with E-state index < -0.39 is 14.9 Å². The molecule has 0 amide bonds. The molecular formula is C22H26N6O5S. The molecule has 1 fully saturated rings. The minimum atomic E-state index is -3.58. The number of anilines is 2. The molecule has 0 radical (unpaired) electrons. The maximum Gasteiger partial charge on any atom is 0.270 e. The van der Waals surface area contributed by atoms with Crippen molar-refractivity contribution in [2.75, 3.05) is 37.4 Å². The fraction of sp³-hybridized carbons (Fsp3) is 0.364. The third-order valence-corrected chi connectivity index (χ3v) is 7.51. The van der Waals surface area contributed by atoms with Gasteiger partial charge in [0.15, 0.2) is 0 Å². The molecule has 1 aromatic heterocycles. The highest BCUT2D eigenvalue weighted by molar-refractivity contribution is 7.89. The fourth-order valence-corrected chi connectivity index (χ4v) is 5.38. The Labute approximate surface area is 197 Å². The molecule has 0 bridgehead atoms. The first kappa shape index (κ1) is 23.6. The summed E-state index contributed by atoms with van der Waals surface area (Å²) in [5.41, 5.74) is 1.81. The number of non-ortho nitro benzene ring substituents is 1. The van der Waals surface area contributed by atoms with Gasteiger partial charge in [0.05, 0.1) is 27.7 Å². The van der Waals surface area contributed by atoms with E-state index in [9.17, 15) is 18.5 Å². The van der Waals surface area contributed by atoms with Crippen LogP contribution in [0.25, 0.3) is 11.4 Å². The van der Waals surface area contributed by atoms with Gasteiger partial charge in [-0.2, -0.15) is 9.29 Å². The van der Waals surface area contributed by atoms with Crippen LogP contribution in [0.2, 0.25) is 0 Å². The van der Waals surface area contributed by atoms with Crippen molar-refractivity contribution >= 4 is 27.1 Å². The molecule has 1 aliphatic heterocycles. The first-order valence-electron chi connectivity index (χ1n) is 10.9. The van der Waals surface area contributed by atoms with Gasteiger partial charge >= 0.3 is 0 Å². The van der Waals surface area contributed by atoms with Gasteiger partial charge in [-0.3, -0.25) is 10.1 Å². The minimum Gasteiger partial charge on any atom is -0.376 e. The van der Waals surface area contributed by atoms with Gasteiger partial charge in [-0.25, -0.2) is 8.42 Å². The van der Waals surface area contributed by atoms with Crippen LogP contribution in [-0.2, 0) is 16.6 Å². The van der Waals surface area contributed by atoms with Crippen LogP contribution in [0.1, 0.15) is 25.2 Å². The Hall–Kier alpha value is -3.51. The van der Waals surface area contributed by atoms with E-state index in [0.717, 1.165) is 24.9 Å². The first-order chi connectivity index (χ1) is 16.3. The number of benzene rings is 2. The molecule has 180 valence electrons. The summed E-state index contributed by atoms with van der Waals surface area (Å²) in [7, 11) is 0.150. The van der Waals surface area contributed by atoms with Gasteiger partial charge in [0.1, 0.15) is 0 Å². The molecule has 0 unspecified atom stereocenters. The zero-order valence-electron chi connectivity index (χ0n) is 19.0. The molecule has 0 atom stereocenters. The van der Waals surface area contributed by atoms with Crippen LogP contribution in [0.5, 0.6) is 0 Å². The zero-order chi connectivity index (χ0) is 24.3. The highest BCUT2D eigenvalue weighted by Gasteiger charge is 2.27. The van der Waals surface area contributed by atoms with Crippen molar-refractivity contribution in [1.29, 1.82) is 0 Å². The van der Waals surface area contributed by atoms with Crippen LogP contribution in [0, 0.1) is 10.1 Å². The Kier molecular flexibility index (Phi) is 6.80. The number of hydrogen-bond acceptors (Lipinski definition) is 9. The summed E-state index contributed by atoms with van der Waals surface area (Å²) in [6.07, 6.45) is 2.77. The van der Waals surface area contributed by atoms with E-state index in [-0.39, 0.29) is 28.8 Å². The van der Waals surface area contributed by atoms with Crippen LogP contribution in [0.15, 0.2) is 51.9 Å². The Morgan fingerprint density at radius 2 is 1.91 bits per heavy atom. The van der Waals surface area contributed by atoms with Gasteiger partial charge in [0.2, 0.25) is 21.7 Å². The average molecular weight is 487 g/mol. The Bertz CT molecular complexity index is 1280. The van der Waals surface area contributed by atoms with Gasteiger partial charge < -0.3 is 14.7 Å². The monoisotopic (exact) mass is 486 g/mol. The normalized spacial score (nSPS) is 14.6. The summed E-state index contributed by atoms with van der Waals surface area (Å²) in [5.74, 6) is 0.491. The number of nitro benzene ring substituents is 1. The van der Waals surface area contributed by atoms with E-state index in [2.05, 4.69) is 15.5 Å². The number of nitrogens with zero attached hydrogens (tertiary/aromatic N) is 5. The number of aromatic nitrogens is 2. The van der Waals surface area contributed by atoms with Crippen molar-refractivity contribution in [3.63, 3.8) is 0 Å². The largest absolute Gasteiger partial charge is 0.376 e. The molecule has 3 aromatic rings. The first-order valence-corrected chi connectivity index (χ1v) is 12.3. The van der Waals surface area contributed by atoms with Gasteiger partial charge in [0, 0.05) is 44.9 Å². The summed E-state index contributed by atoms with van der Waals surface area (Å²) < 4.78 is 33.1. The molecule has 12 heteroatoms. The highest BCUT2D eigenvalue weighted by atomic mass is 32.2. The summed E-state index contributed by atoms with van der Waals surface area (Å²) in [6.45, 7) is 1.21. The predicted molar refractivity (Wildman–Crippen MR) is 127 cm³/mol. The van der Waals surface area contributed by atoms with Crippen molar-refractivity contribution in [2.24, 2.45) is 0 Å². The number of nitro groups is 1. The van der Waals surface area contributed by atoms with Gasteiger partial charge in [-0.1, -0.05) is 23.7 Å². The molecule has 0 spiro atoms. The number of hydrogen-bond donors (Lipinski definition) is 1. The quantitative estimate of drug-likeness (QED) is 0.375. The van der Waals surface area contributed by atoms with E-state index in [4.69, 9.17) is 4.52 Å². The smallest absolute Gasteiger partial charge is 0.270 e. The molecule has 11 nitrogen and oxygen atoms in total. The summed E-state index contributed by atoms with van der Waals surface area (Å²) in [6, 6.07) is 11.0. The van der Waals surface area contributed by atoms with Crippen molar-refractivity contribution in [3.8, 4) is 11.4 Å². The van der Waals surface area contributed by atoms with E-state index in [1.807, 2.05) is 19.0 Å². The second kappa shape index (κ2) is 9.77. The highest BCUT2D eigenvalue weighted by Crippen LogP contribution is 2.30. The lowest BCUT2D eigenvalue weighted by Crippen LogP contribution is -2.35. The lowest BCUT2D eigenvalue weighted by molar-refractivity contribution is -0.384. The molecule has 2 heterocycles. The molecule has 2 aromatic carbocycles. The van der Waals surface area contributed by atoms with Crippen LogP contribution in [0.4, 0.5) is 17.1 Å². The lowest BCUT2D eigenvalue weighted by atomic mass is 10.2. The molecule has 0 saturated carbocycles. The van der Waals surface area contributed by atoms with E-state index in [0.29, 0.717) is 24.3 Å². The van der Waals surface area contributed by atoms with Crippen LogP contribution >= 0.6 is 0 Å². The SMILES string of the molecule is CN(C)c1ccc(S(=O)(=O)N2CCCCC2)cc1NCc1nc(-c2cccc([N+](=O)[O-])c2)no1. The van der Waals surface area contributed by atoms with Crippen molar-refractivity contribution in [3.05, 3.63) is 58.5 Å². The van der Waals surface area contributed by atoms with Crippen molar-refractivity contribution < 1.29 is 17.9 Å². The third-order valence-electron chi connectivity index (χ3n) is 5.62. The molecule has 1 N–H and O–H groups in total. The Morgan fingerprint density at radius 3 is 2.62 bits per heavy atom. The van der Waals surface area contributed by atoms with Gasteiger partial charge in [0.25, 0.3) is 5.69 Å². The topological polar surface area (TPSA) is 135 Å². The maximum absolute atomic E-state index is 13.1.